The number of hydrogen-bond donors (Lipinski definition) is 2. The first kappa shape index (κ1) is 17.9. The summed E-state index contributed by atoms with van der Waals surface area (Å²) in [5, 5.41) is 4.51. The Morgan fingerprint density at radius 3 is 2.76 bits per heavy atom. The van der Waals surface area contributed by atoms with Gasteiger partial charge in [0.05, 0.1) is 26.3 Å². The van der Waals surface area contributed by atoms with Crippen LogP contribution >= 0.6 is 0 Å². The summed E-state index contributed by atoms with van der Waals surface area (Å²) in [6, 6.07) is 8.02. The maximum atomic E-state index is 6.01. The van der Waals surface area contributed by atoms with Gasteiger partial charge in [-0.2, -0.15) is 0 Å². The normalized spacial score (nSPS) is 15.4. The van der Waals surface area contributed by atoms with Gasteiger partial charge in [-0.1, -0.05) is 19.1 Å². The Morgan fingerprint density at radius 2 is 1.96 bits per heavy atom. The number of ether oxygens (including phenoxy) is 1. The predicted molar refractivity (Wildman–Crippen MR) is 93.6 cm³/mol. The molecule has 0 bridgehead atoms. The number of morpholine rings is 1. The van der Waals surface area contributed by atoms with Crippen LogP contribution in [0.3, 0.4) is 0 Å². The fourth-order valence-electron chi connectivity index (χ4n) is 3.18. The molecule has 0 unspecified atom stereocenters. The number of hydrogen-bond acceptors (Lipinski definition) is 5. The third-order valence-electron chi connectivity index (χ3n) is 4.55. The number of fused-ring (bicyclic) bond motifs is 3. The van der Waals surface area contributed by atoms with Crippen molar-refractivity contribution in [1.82, 2.24) is 9.97 Å². The fraction of sp³-hybridized carbons (Fsp3) is 0.444. The zero-order valence-electron chi connectivity index (χ0n) is 14.3. The number of nitrogens with one attached hydrogen (secondary N) is 2. The summed E-state index contributed by atoms with van der Waals surface area (Å²) in [6.45, 7) is 7.86. The Hall–Kier alpha value is -1.89. The number of benzene rings is 1. The molecule has 2 N–H and O–H groups in total. The van der Waals surface area contributed by atoms with E-state index in [0.29, 0.717) is 0 Å². The number of nitrogens with zero attached hydrogens (tertiary/aromatic N) is 2. The van der Waals surface area contributed by atoms with Crippen molar-refractivity contribution >= 4 is 27.9 Å². The van der Waals surface area contributed by atoms with Gasteiger partial charge in [0.2, 0.25) is 0 Å². The average Bonchev–Trinajstić information content (AvgIpc) is 3.01. The topological polar surface area (TPSA) is 64.6 Å². The quantitative estimate of drug-likeness (QED) is 0.565. The minimum absolute atomic E-state index is 0. The fourth-order valence-corrected chi connectivity index (χ4v) is 3.18. The lowest BCUT2D eigenvalue weighted by Crippen LogP contribution is -3.14. The van der Waals surface area contributed by atoms with E-state index < -0.39 is 0 Å². The largest absolute Gasteiger partial charge is 1.00 e. The van der Waals surface area contributed by atoms with Crippen LogP contribution in [0.15, 0.2) is 28.7 Å². The molecule has 6 nitrogen and oxygen atoms in total. The summed E-state index contributed by atoms with van der Waals surface area (Å²) in [6.07, 6.45) is 0.804. The molecule has 0 aliphatic carbocycles. The van der Waals surface area contributed by atoms with E-state index in [9.17, 15) is 0 Å². The van der Waals surface area contributed by atoms with Crippen molar-refractivity contribution in [1.29, 1.82) is 0 Å². The molecule has 134 valence electrons. The smallest absolute Gasteiger partial charge is 0.196 e. The highest BCUT2D eigenvalue weighted by atomic mass is 35.5. The van der Waals surface area contributed by atoms with Gasteiger partial charge in [-0.05, 0) is 12.1 Å². The van der Waals surface area contributed by atoms with Gasteiger partial charge in [-0.15, -0.1) is 0 Å². The second-order valence-electron chi connectivity index (χ2n) is 6.16. The summed E-state index contributed by atoms with van der Waals surface area (Å²) in [5.74, 6) is 1.65. The molecule has 1 fully saturated rings. The van der Waals surface area contributed by atoms with Crippen molar-refractivity contribution in [2.24, 2.45) is 0 Å². The average molecular weight is 363 g/mol. The molecule has 4 rings (SSSR count). The van der Waals surface area contributed by atoms with E-state index in [4.69, 9.17) is 9.15 Å². The molecule has 3 heterocycles. The van der Waals surface area contributed by atoms with E-state index in [-0.39, 0.29) is 12.4 Å². The second kappa shape index (κ2) is 7.99. The summed E-state index contributed by atoms with van der Waals surface area (Å²) in [4.78, 5) is 10.9. The molecule has 7 heteroatoms. The Kier molecular flexibility index (Phi) is 5.73. The first-order chi connectivity index (χ1) is 11.8. The van der Waals surface area contributed by atoms with Crippen LogP contribution in [0.5, 0.6) is 0 Å². The first-order valence-corrected chi connectivity index (χ1v) is 8.68. The van der Waals surface area contributed by atoms with Gasteiger partial charge in [0.25, 0.3) is 0 Å². The molecule has 1 aliphatic heterocycles. The number of halogens is 1. The van der Waals surface area contributed by atoms with E-state index in [1.54, 1.807) is 4.90 Å². The van der Waals surface area contributed by atoms with Crippen LogP contribution in [0.25, 0.3) is 22.1 Å². The Labute approximate surface area is 153 Å². The summed E-state index contributed by atoms with van der Waals surface area (Å²) in [5.41, 5.74) is 2.51. The van der Waals surface area contributed by atoms with Crippen LogP contribution < -0.4 is 22.6 Å². The van der Waals surface area contributed by atoms with Gasteiger partial charge in [0.15, 0.2) is 11.4 Å². The van der Waals surface area contributed by atoms with Crippen LogP contribution in [0.2, 0.25) is 0 Å². The van der Waals surface area contributed by atoms with Gasteiger partial charge < -0.3 is 31.8 Å². The molecule has 2 aromatic heterocycles. The molecule has 0 saturated carbocycles. The number of quaternary nitrogens is 1. The number of furan rings is 1. The monoisotopic (exact) mass is 362 g/mol. The SMILES string of the molecule is CCc1nc(NCC[NH+]2CCOCC2)c2oc3ccccc3c2n1.[Cl-]. The van der Waals surface area contributed by atoms with E-state index in [0.717, 1.165) is 79.5 Å². The number of aryl methyl sites for hydroxylation is 1. The van der Waals surface area contributed by atoms with E-state index >= 15 is 0 Å². The second-order valence-corrected chi connectivity index (χ2v) is 6.16. The standard InChI is InChI=1S/C18H22N4O2.ClH/c1-2-15-20-16-13-5-3-4-6-14(13)24-17(16)18(21-15)19-7-8-22-9-11-23-12-10-22;/h3-6H,2,7-12H2,1H3,(H,19,20,21);1H. The molecular weight excluding hydrogens is 340 g/mol. The zero-order chi connectivity index (χ0) is 16.4. The lowest BCUT2D eigenvalue weighted by Gasteiger charge is -2.23. The zero-order valence-corrected chi connectivity index (χ0v) is 15.1. The van der Waals surface area contributed by atoms with Gasteiger partial charge in [0.1, 0.15) is 30.0 Å². The maximum Gasteiger partial charge on any atom is 0.196 e. The Balaban J connectivity index is 0.00000182. The van der Waals surface area contributed by atoms with Gasteiger partial charge in [-0.25, -0.2) is 9.97 Å². The summed E-state index contributed by atoms with van der Waals surface area (Å²) in [7, 11) is 0. The number of para-hydroxylation sites is 1. The van der Waals surface area contributed by atoms with Gasteiger partial charge in [0, 0.05) is 11.8 Å². The predicted octanol–water partition coefficient (Wildman–Crippen LogP) is -1.73. The van der Waals surface area contributed by atoms with Gasteiger partial charge >= 0.3 is 0 Å². The molecule has 1 saturated heterocycles. The lowest BCUT2D eigenvalue weighted by atomic mass is 10.2. The highest BCUT2D eigenvalue weighted by Crippen LogP contribution is 2.31. The van der Waals surface area contributed by atoms with Crippen molar-refractivity contribution in [3.8, 4) is 0 Å². The summed E-state index contributed by atoms with van der Waals surface area (Å²) >= 11 is 0. The van der Waals surface area contributed by atoms with Crippen molar-refractivity contribution in [3.05, 3.63) is 30.1 Å². The molecule has 0 atom stereocenters. The molecule has 0 spiro atoms. The first-order valence-electron chi connectivity index (χ1n) is 8.68. The molecular formula is C18H23ClN4O2. The van der Waals surface area contributed by atoms with Crippen molar-refractivity contribution in [2.75, 3.05) is 44.7 Å². The van der Waals surface area contributed by atoms with Crippen LogP contribution in [0.1, 0.15) is 12.7 Å². The number of anilines is 1. The Bertz CT molecular complexity index is 846. The van der Waals surface area contributed by atoms with E-state index in [2.05, 4.69) is 28.3 Å². The maximum absolute atomic E-state index is 6.01. The van der Waals surface area contributed by atoms with Crippen molar-refractivity contribution in [3.63, 3.8) is 0 Å². The minimum Gasteiger partial charge on any atom is -1.00 e. The van der Waals surface area contributed by atoms with Crippen LogP contribution in [0, 0.1) is 0 Å². The van der Waals surface area contributed by atoms with Crippen LogP contribution in [-0.2, 0) is 11.2 Å². The van der Waals surface area contributed by atoms with E-state index in [1.165, 1.54) is 0 Å². The molecule has 0 amide bonds. The molecule has 1 aliphatic rings. The lowest BCUT2D eigenvalue weighted by molar-refractivity contribution is -0.906. The highest BCUT2D eigenvalue weighted by Gasteiger charge is 2.16. The van der Waals surface area contributed by atoms with Gasteiger partial charge in [-0.3, -0.25) is 0 Å². The van der Waals surface area contributed by atoms with Crippen molar-refractivity contribution < 1.29 is 26.5 Å². The molecule has 1 aromatic carbocycles. The Morgan fingerprint density at radius 1 is 1.16 bits per heavy atom. The van der Waals surface area contributed by atoms with Crippen LogP contribution in [-0.4, -0.2) is 49.4 Å². The minimum atomic E-state index is 0. The highest BCUT2D eigenvalue weighted by molar-refractivity contribution is 6.05. The van der Waals surface area contributed by atoms with E-state index in [1.807, 2.05) is 18.2 Å². The third-order valence-corrected chi connectivity index (χ3v) is 4.55. The van der Waals surface area contributed by atoms with Crippen LogP contribution in [0.4, 0.5) is 5.82 Å². The summed E-state index contributed by atoms with van der Waals surface area (Å²) < 4.78 is 11.4. The number of aromatic nitrogens is 2. The molecule has 25 heavy (non-hydrogen) atoms. The van der Waals surface area contributed by atoms with Crippen molar-refractivity contribution in [2.45, 2.75) is 13.3 Å². The molecule has 0 radical (unpaired) electrons. The third kappa shape index (κ3) is 3.71. The molecule has 3 aromatic rings. The number of rotatable bonds is 5.